The third kappa shape index (κ3) is 13.5. The SMILES string of the molecule is CCCCCCC/C=C/CCCCCCCCCCCCC1N=CC[N+]1(CC)CCO. The maximum Gasteiger partial charge on any atom is 0.182 e. The Morgan fingerprint density at radius 3 is 1.81 bits per heavy atom. The Balaban J connectivity index is 1.83. The van der Waals surface area contributed by atoms with Crippen molar-refractivity contribution >= 4 is 6.21 Å². The van der Waals surface area contributed by atoms with Crippen LogP contribution < -0.4 is 0 Å². The number of nitrogens with zero attached hydrogens (tertiary/aromatic N) is 2. The molecule has 0 saturated heterocycles. The highest BCUT2D eigenvalue weighted by atomic mass is 16.3. The topological polar surface area (TPSA) is 32.6 Å². The molecule has 3 nitrogen and oxygen atoms in total. The van der Waals surface area contributed by atoms with Crippen LogP contribution in [0.15, 0.2) is 17.1 Å². The van der Waals surface area contributed by atoms with E-state index in [4.69, 9.17) is 4.99 Å². The van der Waals surface area contributed by atoms with Crippen molar-refractivity contribution in [1.29, 1.82) is 0 Å². The van der Waals surface area contributed by atoms with Crippen molar-refractivity contribution < 1.29 is 9.59 Å². The van der Waals surface area contributed by atoms with Gasteiger partial charge < -0.3 is 5.11 Å². The summed E-state index contributed by atoms with van der Waals surface area (Å²) < 4.78 is 0.978. The fraction of sp³-hybridized carbons (Fsp3) is 0.893. The first-order valence-corrected chi connectivity index (χ1v) is 13.9. The standard InChI is InChI=1S/C28H55N2O/c1-3-5-6-7-8-9-10-11-12-13-14-15-16-17-18-19-20-21-22-23-28-29-24-25-30(28,4-2)26-27-31/h10-11,24,28,31H,3-9,12-23,25-27H2,1-2H3/q+1/b11-10+. The Morgan fingerprint density at radius 1 is 0.774 bits per heavy atom. The lowest BCUT2D eigenvalue weighted by molar-refractivity contribution is -0.936. The molecule has 0 aromatic rings. The van der Waals surface area contributed by atoms with E-state index in [1.807, 2.05) is 0 Å². The second-order valence-corrected chi connectivity index (χ2v) is 9.76. The summed E-state index contributed by atoms with van der Waals surface area (Å²) in [6, 6.07) is 0. The zero-order valence-corrected chi connectivity index (χ0v) is 21.2. The molecule has 0 fully saturated rings. The molecule has 1 aliphatic heterocycles. The first-order valence-electron chi connectivity index (χ1n) is 13.9. The van der Waals surface area contributed by atoms with E-state index >= 15 is 0 Å². The minimum atomic E-state index is 0.281. The van der Waals surface area contributed by atoms with Crippen LogP contribution in [-0.4, -0.2) is 48.2 Å². The van der Waals surface area contributed by atoms with Crippen molar-refractivity contribution in [1.82, 2.24) is 0 Å². The van der Waals surface area contributed by atoms with Crippen LogP contribution in [-0.2, 0) is 0 Å². The Labute approximate surface area is 195 Å². The van der Waals surface area contributed by atoms with Gasteiger partial charge in [0, 0.05) is 6.42 Å². The highest BCUT2D eigenvalue weighted by Crippen LogP contribution is 2.24. The van der Waals surface area contributed by atoms with E-state index in [-0.39, 0.29) is 6.61 Å². The van der Waals surface area contributed by atoms with Crippen LogP contribution in [0.25, 0.3) is 0 Å². The second-order valence-electron chi connectivity index (χ2n) is 9.76. The van der Waals surface area contributed by atoms with Crippen LogP contribution in [0.5, 0.6) is 0 Å². The molecule has 3 heteroatoms. The van der Waals surface area contributed by atoms with Gasteiger partial charge in [0.15, 0.2) is 6.17 Å². The molecule has 0 spiro atoms. The summed E-state index contributed by atoms with van der Waals surface area (Å²) >= 11 is 0. The molecule has 0 saturated carbocycles. The predicted octanol–water partition coefficient (Wildman–Crippen LogP) is 7.82. The lowest BCUT2D eigenvalue weighted by Crippen LogP contribution is -2.53. The highest BCUT2D eigenvalue weighted by Gasteiger charge is 2.36. The maximum atomic E-state index is 9.40. The number of unbranched alkanes of at least 4 members (excludes halogenated alkanes) is 15. The van der Waals surface area contributed by atoms with Crippen LogP contribution in [0.2, 0.25) is 0 Å². The molecule has 0 bridgehead atoms. The summed E-state index contributed by atoms with van der Waals surface area (Å²) in [5.74, 6) is 0. The Morgan fingerprint density at radius 2 is 1.29 bits per heavy atom. The summed E-state index contributed by atoms with van der Waals surface area (Å²) in [7, 11) is 0. The lowest BCUT2D eigenvalue weighted by atomic mass is 10.0. The summed E-state index contributed by atoms with van der Waals surface area (Å²) in [4.78, 5) is 4.73. The van der Waals surface area contributed by atoms with Crippen molar-refractivity contribution in [3.8, 4) is 0 Å². The van der Waals surface area contributed by atoms with Crippen LogP contribution >= 0.6 is 0 Å². The third-order valence-corrected chi connectivity index (χ3v) is 7.25. The number of aliphatic hydroxyl groups is 1. The molecule has 1 aliphatic rings. The van der Waals surface area contributed by atoms with Crippen molar-refractivity contribution in [2.24, 2.45) is 4.99 Å². The number of hydrogen-bond donors (Lipinski definition) is 1. The van der Waals surface area contributed by atoms with E-state index in [2.05, 4.69) is 32.2 Å². The second kappa shape index (κ2) is 20.0. The zero-order valence-electron chi connectivity index (χ0n) is 21.2. The number of rotatable bonds is 22. The minimum absolute atomic E-state index is 0.281. The molecule has 31 heavy (non-hydrogen) atoms. The molecule has 2 unspecified atom stereocenters. The highest BCUT2D eigenvalue weighted by molar-refractivity contribution is 5.60. The number of aliphatic imine (C=N–C) groups is 1. The summed E-state index contributed by atoms with van der Waals surface area (Å²) in [6.07, 6.45) is 32.0. The zero-order chi connectivity index (χ0) is 22.5. The Hall–Kier alpha value is -0.670. The molecule has 1 N–H and O–H groups in total. The smallest absolute Gasteiger partial charge is 0.182 e. The first-order chi connectivity index (χ1) is 15.3. The molecule has 0 radical (unpaired) electrons. The molecule has 0 aliphatic carbocycles. The van der Waals surface area contributed by atoms with Gasteiger partial charge in [-0.3, -0.25) is 4.48 Å². The van der Waals surface area contributed by atoms with E-state index in [1.165, 1.54) is 116 Å². The predicted molar refractivity (Wildman–Crippen MR) is 138 cm³/mol. The molecule has 182 valence electrons. The van der Waals surface area contributed by atoms with Gasteiger partial charge in [-0.15, -0.1) is 0 Å². The molecule has 1 rings (SSSR count). The van der Waals surface area contributed by atoms with Crippen LogP contribution in [0, 0.1) is 0 Å². The van der Waals surface area contributed by atoms with Crippen molar-refractivity contribution in [3.63, 3.8) is 0 Å². The largest absolute Gasteiger partial charge is 0.391 e. The number of quaternary nitrogens is 1. The van der Waals surface area contributed by atoms with Gasteiger partial charge in [0.05, 0.1) is 19.4 Å². The van der Waals surface area contributed by atoms with Crippen LogP contribution in [0.1, 0.15) is 129 Å². The van der Waals surface area contributed by atoms with Crippen molar-refractivity contribution in [2.75, 3.05) is 26.2 Å². The lowest BCUT2D eigenvalue weighted by Gasteiger charge is -2.37. The number of allylic oxidation sites excluding steroid dienone is 2. The van der Waals surface area contributed by atoms with Crippen LogP contribution in [0.3, 0.4) is 0 Å². The molecule has 2 atom stereocenters. The van der Waals surface area contributed by atoms with Crippen molar-refractivity contribution in [2.45, 2.75) is 136 Å². The summed E-state index contributed by atoms with van der Waals surface area (Å²) in [5.41, 5.74) is 0. The van der Waals surface area contributed by atoms with E-state index in [9.17, 15) is 5.11 Å². The average molecular weight is 436 g/mol. The van der Waals surface area contributed by atoms with Gasteiger partial charge in [-0.1, -0.05) is 96.1 Å². The monoisotopic (exact) mass is 435 g/mol. The van der Waals surface area contributed by atoms with Gasteiger partial charge in [-0.25, -0.2) is 4.99 Å². The van der Waals surface area contributed by atoms with Gasteiger partial charge >= 0.3 is 0 Å². The summed E-state index contributed by atoms with van der Waals surface area (Å²) in [6.45, 7) is 7.76. The number of aliphatic hydroxyl groups excluding tert-OH is 1. The normalized spacial score (nSPS) is 20.9. The van der Waals surface area contributed by atoms with E-state index < -0.39 is 0 Å². The fourth-order valence-corrected chi connectivity index (χ4v) is 4.99. The Kier molecular flexibility index (Phi) is 18.3. The number of hydrogen-bond acceptors (Lipinski definition) is 2. The molecular weight excluding hydrogens is 380 g/mol. The van der Waals surface area contributed by atoms with Gasteiger partial charge in [0.25, 0.3) is 0 Å². The molecule has 0 aromatic heterocycles. The minimum Gasteiger partial charge on any atom is -0.391 e. The average Bonchev–Trinajstić information content (AvgIpc) is 3.18. The fourth-order valence-electron chi connectivity index (χ4n) is 4.99. The van der Waals surface area contributed by atoms with E-state index in [1.54, 1.807) is 0 Å². The van der Waals surface area contributed by atoms with E-state index in [0.29, 0.717) is 6.17 Å². The molecule has 0 aromatic carbocycles. The van der Waals surface area contributed by atoms with Gasteiger partial charge in [-0.2, -0.15) is 0 Å². The quantitative estimate of drug-likeness (QED) is 0.105. The van der Waals surface area contributed by atoms with Gasteiger partial charge in [0.2, 0.25) is 0 Å². The molecule has 1 heterocycles. The third-order valence-electron chi connectivity index (χ3n) is 7.25. The van der Waals surface area contributed by atoms with Gasteiger partial charge in [0.1, 0.15) is 13.1 Å². The maximum absolute atomic E-state index is 9.40. The van der Waals surface area contributed by atoms with Crippen molar-refractivity contribution in [3.05, 3.63) is 12.2 Å². The Bertz CT molecular complexity index is 448. The van der Waals surface area contributed by atoms with Crippen LogP contribution in [0.4, 0.5) is 0 Å². The summed E-state index contributed by atoms with van der Waals surface area (Å²) in [5, 5.41) is 9.40. The van der Waals surface area contributed by atoms with Gasteiger partial charge in [-0.05, 0) is 39.0 Å². The first kappa shape index (κ1) is 28.4. The molecule has 0 amide bonds. The van der Waals surface area contributed by atoms with E-state index in [0.717, 1.165) is 24.1 Å². The molecular formula is C28H55N2O+. The number of likely N-dealkylation sites (N-methyl/N-ethyl adjacent to an activating group) is 1.